The zero-order chi connectivity index (χ0) is 39.0. The van der Waals surface area contributed by atoms with Gasteiger partial charge in [0.2, 0.25) is 0 Å². The number of hydrogen-bond donors (Lipinski definition) is 6. The Morgan fingerprint density at radius 1 is 0.547 bits per heavy atom. The summed E-state index contributed by atoms with van der Waals surface area (Å²) in [5, 5.41) is 68.6. The van der Waals surface area contributed by atoms with Crippen LogP contribution >= 0.6 is 0 Å². The van der Waals surface area contributed by atoms with Gasteiger partial charge in [-0.05, 0) is 70.8 Å². The predicted molar refractivity (Wildman–Crippen MR) is 181 cm³/mol. The highest BCUT2D eigenvalue weighted by Crippen LogP contribution is 2.33. The molecule has 17 nitrogen and oxygen atoms in total. The van der Waals surface area contributed by atoms with Gasteiger partial charge in [0.05, 0.1) is 27.2 Å². The van der Waals surface area contributed by atoms with Gasteiger partial charge in [0.1, 0.15) is 25.0 Å². The van der Waals surface area contributed by atoms with Crippen LogP contribution in [0.15, 0.2) is 78.9 Å². The van der Waals surface area contributed by atoms with Crippen LogP contribution in [0.4, 0.5) is 5.69 Å². The Labute approximate surface area is 297 Å². The highest BCUT2D eigenvalue weighted by atomic mass is 16.6. The Morgan fingerprint density at radius 3 is 1.38 bits per heavy atom. The Kier molecular flexibility index (Phi) is 11.9. The molecule has 0 heterocycles. The van der Waals surface area contributed by atoms with E-state index in [1.54, 1.807) is 12.2 Å². The van der Waals surface area contributed by atoms with Crippen molar-refractivity contribution in [3.8, 4) is 11.5 Å². The van der Waals surface area contributed by atoms with Crippen LogP contribution in [0.3, 0.4) is 0 Å². The van der Waals surface area contributed by atoms with Gasteiger partial charge in [0.25, 0.3) is 5.69 Å². The summed E-state index contributed by atoms with van der Waals surface area (Å²) >= 11 is 0. The molecular formula is C36H27NO16. The minimum Gasteiger partial charge on any atom is -0.488 e. The maximum atomic E-state index is 12.3. The lowest BCUT2D eigenvalue weighted by Gasteiger charge is -2.20. The van der Waals surface area contributed by atoms with E-state index in [2.05, 4.69) is 0 Å². The van der Waals surface area contributed by atoms with Gasteiger partial charge in [-0.3, -0.25) is 19.7 Å². The molecule has 272 valence electrons. The summed E-state index contributed by atoms with van der Waals surface area (Å²) in [6.07, 6.45) is 3.18. The summed E-state index contributed by atoms with van der Waals surface area (Å²) < 4.78 is 11.6. The lowest BCUT2D eigenvalue weighted by molar-refractivity contribution is -0.384. The number of benzene rings is 4. The van der Waals surface area contributed by atoms with E-state index in [1.807, 2.05) is 0 Å². The van der Waals surface area contributed by atoms with Crippen LogP contribution in [0.25, 0.3) is 12.2 Å². The average molecular weight is 730 g/mol. The zero-order valence-electron chi connectivity index (χ0n) is 26.9. The molecule has 2 atom stereocenters. The second kappa shape index (κ2) is 16.4. The van der Waals surface area contributed by atoms with E-state index in [1.165, 1.54) is 42.5 Å². The molecule has 4 aromatic carbocycles. The molecule has 0 bridgehead atoms. The van der Waals surface area contributed by atoms with Crippen LogP contribution in [0.2, 0.25) is 0 Å². The summed E-state index contributed by atoms with van der Waals surface area (Å²) in [7, 11) is 0. The summed E-state index contributed by atoms with van der Waals surface area (Å²) in [4.78, 5) is 81.4. The van der Waals surface area contributed by atoms with Gasteiger partial charge in [0.15, 0.2) is 11.5 Å². The van der Waals surface area contributed by atoms with Crippen molar-refractivity contribution in [2.45, 2.75) is 11.8 Å². The number of carbonyl (C=O) groups is 6. The molecule has 0 aliphatic carbocycles. The molecule has 6 N–H and O–H groups in total. The van der Waals surface area contributed by atoms with Crippen molar-refractivity contribution in [1.29, 1.82) is 0 Å². The van der Waals surface area contributed by atoms with Crippen LogP contribution in [-0.4, -0.2) is 84.6 Å². The Hall–Kier alpha value is -7.56. The predicted octanol–water partition coefficient (Wildman–Crippen LogP) is 5.05. The van der Waals surface area contributed by atoms with E-state index in [0.29, 0.717) is 11.1 Å². The number of carboxylic acids is 6. The normalized spacial score (nSPS) is 12.0. The molecule has 0 aliphatic rings. The number of hydrogen-bond acceptors (Lipinski definition) is 10. The molecule has 0 aromatic heterocycles. The van der Waals surface area contributed by atoms with Crippen molar-refractivity contribution in [3.63, 3.8) is 0 Å². The molecule has 4 rings (SSSR count). The third-order valence-electron chi connectivity index (χ3n) is 7.76. The van der Waals surface area contributed by atoms with E-state index in [4.69, 9.17) is 9.47 Å². The van der Waals surface area contributed by atoms with E-state index in [0.717, 1.165) is 36.4 Å². The van der Waals surface area contributed by atoms with Crippen LogP contribution in [-0.2, 0) is 9.59 Å². The highest BCUT2D eigenvalue weighted by Gasteiger charge is 2.28. The number of aromatic carboxylic acids is 4. The average Bonchev–Trinajstić information content (AvgIpc) is 3.11. The highest BCUT2D eigenvalue weighted by molar-refractivity contribution is 6.03. The van der Waals surface area contributed by atoms with Gasteiger partial charge in [-0.2, -0.15) is 0 Å². The topological polar surface area (TPSA) is 285 Å². The summed E-state index contributed by atoms with van der Waals surface area (Å²) in [6, 6.07) is 15.8. The smallest absolute Gasteiger partial charge is 0.336 e. The van der Waals surface area contributed by atoms with Crippen LogP contribution in [0, 0.1) is 10.1 Å². The number of non-ortho nitro benzene ring substituents is 1. The van der Waals surface area contributed by atoms with Gasteiger partial charge in [-0.1, -0.05) is 30.4 Å². The van der Waals surface area contributed by atoms with Crippen LogP contribution in [0.1, 0.15) is 75.5 Å². The molecule has 2 unspecified atom stereocenters. The monoisotopic (exact) mass is 729 g/mol. The number of aliphatic carboxylic acids is 2. The maximum absolute atomic E-state index is 12.3. The third kappa shape index (κ3) is 9.37. The molecule has 4 aromatic rings. The van der Waals surface area contributed by atoms with E-state index >= 15 is 0 Å². The minimum atomic E-state index is -1.61. The van der Waals surface area contributed by atoms with Crippen molar-refractivity contribution in [3.05, 3.63) is 133 Å². The van der Waals surface area contributed by atoms with Gasteiger partial charge in [0, 0.05) is 12.1 Å². The molecule has 0 spiro atoms. The Bertz CT molecular complexity index is 2160. The minimum absolute atomic E-state index is 0.102. The van der Waals surface area contributed by atoms with Gasteiger partial charge >= 0.3 is 35.8 Å². The van der Waals surface area contributed by atoms with Gasteiger partial charge in [-0.25, -0.2) is 19.2 Å². The standard InChI is InChI=1S/C36H27NO16/c38-31(39)23-10-6-20(14-25(23)33(42)43)27(35(46)47)16-52-29-12-5-19(2-1-18-3-8-22(9-4-18)37(50)51)13-30(29)53-17-28(36(48)49)21-7-11-24(32(40)41)26(15-21)34(44)45/h1-15,27-28H,16-17H2,(H,38,39)(H,40,41)(H,42,43)(H,44,45)(H,46,47)(H,48,49). The molecule has 53 heavy (non-hydrogen) atoms. The molecule has 0 radical (unpaired) electrons. The third-order valence-corrected chi connectivity index (χ3v) is 7.76. The number of nitrogens with zero attached hydrogens (tertiary/aromatic N) is 1. The summed E-state index contributed by atoms with van der Waals surface area (Å²) in [6.45, 7) is -1.30. The molecule has 0 aliphatic heterocycles. The van der Waals surface area contributed by atoms with Gasteiger partial charge < -0.3 is 40.1 Å². The molecule has 0 saturated heterocycles. The Morgan fingerprint density at radius 2 is 0.962 bits per heavy atom. The molecule has 0 amide bonds. The van der Waals surface area contributed by atoms with Crippen molar-refractivity contribution in [2.75, 3.05) is 13.2 Å². The quantitative estimate of drug-likeness (QED) is 0.0471. The number of ether oxygens (including phenoxy) is 2. The number of nitro benzene ring substituents is 1. The first-order valence-electron chi connectivity index (χ1n) is 15.1. The number of rotatable bonds is 17. The second-order valence-electron chi connectivity index (χ2n) is 11.1. The molecular weight excluding hydrogens is 702 g/mol. The summed E-state index contributed by atoms with van der Waals surface area (Å²) in [5.74, 6) is -12.5. The second-order valence-corrected chi connectivity index (χ2v) is 11.1. The SMILES string of the molecule is O=C(O)c1ccc(C(COc2ccc(C=Cc3ccc([N+](=O)[O-])cc3)cc2OCC(C(=O)O)c2ccc(C(=O)O)c(C(=O)O)c2)C(=O)O)cc1C(=O)O. The number of carboxylic acid groups (broad SMARTS) is 6. The fourth-order valence-corrected chi connectivity index (χ4v) is 5.01. The lowest BCUT2D eigenvalue weighted by Crippen LogP contribution is -2.22. The van der Waals surface area contributed by atoms with Crippen LogP contribution < -0.4 is 9.47 Å². The van der Waals surface area contributed by atoms with E-state index in [9.17, 15) is 69.5 Å². The first-order valence-corrected chi connectivity index (χ1v) is 15.1. The molecule has 0 fully saturated rings. The lowest BCUT2D eigenvalue weighted by atomic mass is 9.95. The zero-order valence-corrected chi connectivity index (χ0v) is 26.9. The van der Waals surface area contributed by atoms with Crippen molar-refractivity contribution >= 4 is 53.7 Å². The van der Waals surface area contributed by atoms with Crippen molar-refractivity contribution in [2.24, 2.45) is 0 Å². The maximum Gasteiger partial charge on any atom is 0.336 e. The van der Waals surface area contributed by atoms with E-state index < -0.39 is 88.0 Å². The fraction of sp³-hybridized carbons (Fsp3) is 0.111. The van der Waals surface area contributed by atoms with Gasteiger partial charge in [-0.15, -0.1) is 0 Å². The summed E-state index contributed by atoms with van der Waals surface area (Å²) in [5.41, 5.74) is -1.80. The molecule has 0 saturated carbocycles. The van der Waals surface area contributed by atoms with Crippen LogP contribution in [0.5, 0.6) is 11.5 Å². The largest absolute Gasteiger partial charge is 0.488 e. The van der Waals surface area contributed by atoms with E-state index in [-0.39, 0.29) is 28.3 Å². The first kappa shape index (κ1) is 38.2. The Balaban J connectivity index is 1.69. The van der Waals surface area contributed by atoms with Crippen molar-refractivity contribution < 1.29 is 73.8 Å². The van der Waals surface area contributed by atoms with Crippen molar-refractivity contribution in [1.82, 2.24) is 0 Å². The first-order chi connectivity index (χ1) is 25.1. The molecule has 17 heteroatoms. The number of nitro groups is 1. The fourth-order valence-electron chi connectivity index (χ4n) is 5.01.